The number of nitrogens with two attached hydrogens (primary N) is 1. The number of nitrogens with one attached hydrogen (secondary N) is 1. The number of hydrogen-bond acceptors (Lipinski definition) is 5. The van der Waals surface area contributed by atoms with Gasteiger partial charge in [0.1, 0.15) is 0 Å². The van der Waals surface area contributed by atoms with Crippen LogP contribution in [0.4, 0.5) is 0 Å². The highest BCUT2D eigenvalue weighted by atomic mass is 35.5. The number of halogens is 1. The Hall–Kier alpha value is -2.61. The molecule has 0 saturated carbocycles. The lowest BCUT2D eigenvalue weighted by atomic mass is 9.96. The first-order valence-corrected chi connectivity index (χ1v) is 9.39. The SMILES string of the molecule is CC(=O)NC(CC(=O)OCC(=O)N1CCC(C(N)=O)CC1)c1ccc(Cl)cc1. The minimum atomic E-state index is -0.603. The van der Waals surface area contributed by atoms with Crippen molar-refractivity contribution in [3.8, 4) is 0 Å². The van der Waals surface area contributed by atoms with Crippen LogP contribution < -0.4 is 11.1 Å². The van der Waals surface area contributed by atoms with Crippen LogP contribution in [-0.4, -0.2) is 48.3 Å². The summed E-state index contributed by atoms with van der Waals surface area (Å²) in [5, 5.41) is 3.23. The van der Waals surface area contributed by atoms with Crippen molar-refractivity contribution in [2.45, 2.75) is 32.2 Å². The average molecular weight is 410 g/mol. The number of carbonyl (C=O) groups excluding carboxylic acids is 4. The second kappa shape index (κ2) is 10.1. The van der Waals surface area contributed by atoms with Gasteiger partial charge in [0.05, 0.1) is 12.5 Å². The molecule has 0 aliphatic carbocycles. The standard InChI is InChI=1S/C19H24ClN3O5/c1-12(24)22-16(13-2-4-15(20)5-3-13)10-18(26)28-11-17(25)23-8-6-14(7-9-23)19(21)27/h2-5,14,16H,6-11H2,1H3,(H2,21,27)(H,22,24). The highest BCUT2D eigenvalue weighted by Gasteiger charge is 2.26. The van der Waals surface area contributed by atoms with E-state index in [0.29, 0.717) is 36.5 Å². The molecule has 0 radical (unpaired) electrons. The van der Waals surface area contributed by atoms with Crippen molar-refractivity contribution in [2.75, 3.05) is 19.7 Å². The molecule has 152 valence electrons. The number of primary amides is 1. The Morgan fingerprint density at radius 2 is 1.82 bits per heavy atom. The van der Waals surface area contributed by atoms with E-state index in [0.717, 1.165) is 0 Å². The third-order valence-corrected chi connectivity index (χ3v) is 4.88. The van der Waals surface area contributed by atoms with Crippen molar-refractivity contribution in [3.05, 3.63) is 34.9 Å². The largest absolute Gasteiger partial charge is 0.455 e. The highest BCUT2D eigenvalue weighted by Crippen LogP contribution is 2.20. The molecule has 1 aromatic rings. The van der Waals surface area contributed by atoms with Crippen LogP contribution >= 0.6 is 11.6 Å². The summed E-state index contributed by atoms with van der Waals surface area (Å²) in [5.41, 5.74) is 5.98. The molecule has 1 saturated heterocycles. The van der Waals surface area contributed by atoms with Crippen LogP contribution in [0.2, 0.25) is 5.02 Å². The Labute approximate surface area is 168 Å². The van der Waals surface area contributed by atoms with E-state index in [9.17, 15) is 19.2 Å². The van der Waals surface area contributed by atoms with E-state index in [1.807, 2.05) is 0 Å². The second-order valence-corrected chi connectivity index (χ2v) is 7.16. The van der Waals surface area contributed by atoms with Crippen LogP contribution in [0.3, 0.4) is 0 Å². The zero-order chi connectivity index (χ0) is 20.7. The van der Waals surface area contributed by atoms with Gasteiger partial charge in [-0.2, -0.15) is 0 Å². The topological polar surface area (TPSA) is 119 Å². The van der Waals surface area contributed by atoms with Crippen molar-refractivity contribution in [1.29, 1.82) is 0 Å². The van der Waals surface area contributed by atoms with Gasteiger partial charge >= 0.3 is 5.97 Å². The molecule has 1 unspecified atom stereocenters. The van der Waals surface area contributed by atoms with Crippen LogP contribution in [-0.2, 0) is 23.9 Å². The summed E-state index contributed by atoms with van der Waals surface area (Å²) >= 11 is 5.87. The molecule has 2 rings (SSSR count). The number of ether oxygens (including phenoxy) is 1. The number of benzene rings is 1. The van der Waals surface area contributed by atoms with E-state index >= 15 is 0 Å². The lowest BCUT2D eigenvalue weighted by Gasteiger charge is -2.30. The third kappa shape index (κ3) is 6.53. The van der Waals surface area contributed by atoms with Gasteiger partial charge in [-0.25, -0.2) is 0 Å². The maximum atomic E-state index is 12.2. The smallest absolute Gasteiger partial charge is 0.308 e. The number of carbonyl (C=O) groups is 4. The molecule has 1 aromatic carbocycles. The predicted octanol–water partition coefficient (Wildman–Crippen LogP) is 1.17. The summed E-state index contributed by atoms with van der Waals surface area (Å²) in [5.74, 6) is -1.79. The third-order valence-electron chi connectivity index (χ3n) is 4.63. The van der Waals surface area contributed by atoms with Gasteiger partial charge in [-0.15, -0.1) is 0 Å². The summed E-state index contributed by atoms with van der Waals surface area (Å²) in [6, 6.07) is 6.17. The first-order chi connectivity index (χ1) is 13.3. The Morgan fingerprint density at radius 1 is 1.21 bits per heavy atom. The number of esters is 1. The summed E-state index contributed by atoms with van der Waals surface area (Å²) in [6.07, 6.45) is 0.907. The van der Waals surface area contributed by atoms with E-state index in [1.54, 1.807) is 29.2 Å². The van der Waals surface area contributed by atoms with Crippen molar-refractivity contribution < 1.29 is 23.9 Å². The molecule has 1 heterocycles. The van der Waals surface area contributed by atoms with E-state index in [2.05, 4.69) is 5.32 Å². The zero-order valence-electron chi connectivity index (χ0n) is 15.7. The Bertz CT molecular complexity index is 730. The second-order valence-electron chi connectivity index (χ2n) is 6.73. The minimum absolute atomic E-state index is 0.113. The van der Waals surface area contributed by atoms with Crippen LogP contribution in [0.5, 0.6) is 0 Å². The Morgan fingerprint density at radius 3 is 2.36 bits per heavy atom. The number of amides is 3. The molecule has 1 aliphatic rings. The summed E-state index contributed by atoms with van der Waals surface area (Å²) < 4.78 is 5.09. The van der Waals surface area contributed by atoms with Crippen LogP contribution in [0, 0.1) is 5.92 Å². The van der Waals surface area contributed by atoms with E-state index in [4.69, 9.17) is 22.1 Å². The van der Waals surface area contributed by atoms with Crippen LogP contribution in [0.1, 0.15) is 37.8 Å². The molecule has 3 amide bonds. The van der Waals surface area contributed by atoms with Gasteiger partial charge in [0.15, 0.2) is 6.61 Å². The quantitative estimate of drug-likeness (QED) is 0.655. The molecule has 1 aliphatic heterocycles. The molecular formula is C19H24ClN3O5. The molecule has 8 nitrogen and oxygen atoms in total. The van der Waals surface area contributed by atoms with Crippen molar-refractivity contribution in [1.82, 2.24) is 10.2 Å². The van der Waals surface area contributed by atoms with Gasteiger partial charge in [-0.3, -0.25) is 19.2 Å². The fraction of sp³-hybridized carbons (Fsp3) is 0.474. The number of rotatable bonds is 7. The molecule has 0 bridgehead atoms. The average Bonchev–Trinajstić information content (AvgIpc) is 2.66. The van der Waals surface area contributed by atoms with Crippen molar-refractivity contribution >= 4 is 35.3 Å². The van der Waals surface area contributed by atoms with Crippen LogP contribution in [0.25, 0.3) is 0 Å². The van der Waals surface area contributed by atoms with Gasteiger partial charge in [-0.1, -0.05) is 23.7 Å². The maximum Gasteiger partial charge on any atom is 0.308 e. The van der Waals surface area contributed by atoms with Crippen molar-refractivity contribution in [3.63, 3.8) is 0 Å². The van der Waals surface area contributed by atoms with E-state index < -0.39 is 12.0 Å². The van der Waals surface area contributed by atoms with Gasteiger partial charge in [0, 0.05) is 31.0 Å². The lowest BCUT2D eigenvalue weighted by molar-refractivity contribution is -0.153. The van der Waals surface area contributed by atoms with Gasteiger partial charge < -0.3 is 20.7 Å². The number of nitrogens with zero attached hydrogens (tertiary/aromatic N) is 1. The van der Waals surface area contributed by atoms with Gasteiger partial charge in [-0.05, 0) is 30.5 Å². The molecule has 9 heteroatoms. The Kier molecular flexibility index (Phi) is 7.80. The predicted molar refractivity (Wildman–Crippen MR) is 102 cm³/mol. The molecule has 28 heavy (non-hydrogen) atoms. The maximum absolute atomic E-state index is 12.2. The summed E-state index contributed by atoms with van der Waals surface area (Å²) in [6.45, 7) is 1.79. The highest BCUT2D eigenvalue weighted by molar-refractivity contribution is 6.30. The first kappa shape index (κ1) is 21.7. The first-order valence-electron chi connectivity index (χ1n) is 9.01. The molecule has 1 fully saturated rings. The van der Waals surface area contributed by atoms with E-state index in [-0.39, 0.29) is 36.7 Å². The zero-order valence-corrected chi connectivity index (χ0v) is 16.4. The fourth-order valence-corrected chi connectivity index (χ4v) is 3.19. The number of piperidine rings is 1. The molecule has 0 aromatic heterocycles. The van der Waals surface area contributed by atoms with E-state index in [1.165, 1.54) is 6.92 Å². The normalized spacial score (nSPS) is 15.6. The number of likely N-dealkylation sites (tertiary alicyclic amines) is 1. The number of hydrogen-bond donors (Lipinski definition) is 2. The molecule has 3 N–H and O–H groups in total. The lowest BCUT2D eigenvalue weighted by Crippen LogP contribution is -2.43. The molecule has 1 atom stereocenters. The summed E-state index contributed by atoms with van der Waals surface area (Å²) in [7, 11) is 0. The van der Waals surface area contributed by atoms with Gasteiger partial charge in [0.2, 0.25) is 11.8 Å². The fourth-order valence-electron chi connectivity index (χ4n) is 3.07. The minimum Gasteiger partial charge on any atom is -0.455 e. The Balaban J connectivity index is 1.85. The molecule has 0 spiro atoms. The summed E-state index contributed by atoms with van der Waals surface area (Å²) in [4.78, 5) is 48.5. The molecular weight excluding hydrogens is 386 g/mol. The van der Waals surface area contributed by atoms with Crippen LogP contribution in [0.15, 0.2) is 24.3 Å². The monoisotopic (exact) mass is 409 g/mol. The van der Waals surface area contributed by atoms with Gasteiger partial charge in [0.25, 0.3) is 5.91 Å². The van der Waals surface area contributed by atoms with Crippen molar-refractivity contribution in [2.24, 2.45) is 11.7 Å².